The molecule has 0 aromatic carbocycles. The molecule has 0 aromatic rings. The number of halogens is 6. The van der Waals surface area contributed by atoms with Crippen LogP contribution in [0.4, 0.5) is 26.3 Å². The summed E-state index contributed by atoms with van der Waals surface area (Å²) in [6, 6.07) is 0. The number of hydrogen-bond acceptors (Lipinski definition) is 3. The number of ketones is 1. The topological polar surface area (TPSA) is 63.2 Å². The molecular formula is C7H2F6Li2O3. The van der Waals surface area contributed by atoms with Crippen molar-refractivity contribution in [2.24, 2.45) is 0 Å². The predicted octanol–water partition coefficient (Wildman–Crippen LogP) is -5.82. The fourth-order valence-corrected chi connectivity index (χ4v) is 0.464. The van der Waals surface area contributed by atoms with Gasteiger partial charge < -0.3 is 10.2 Å². The van der Waals surface area contributed by atoms with Crippen LogP contribution in [0.1, 0.15) is 0 Å². The Morgan fingerprint density at radius 3 is 1.50 bits per heavy atom. The van der Waals surface area contributed by atoms with Crippen molar-refractivity contribution in [2.45, 2.75) is 12.4 Å². The maximum Gasteiger partial charge on any atom is 1.00 e. The van der Waals surface area contributed by atoms with E-state index in [0.29, 0.717) is 0 Å². The number of hydrogen-bond donors (Lipinski definition) is 0. The second-order valence-electron chi connectivity index (χ2n) is 2.42. The van der Waals surface area contributed by atoms with Crippen LogP contribution in [-0.4, -0.2) is 18.1 Å². The first-order chi connectivity index (χ1) is 6.94. The van der Waals surface area contributed by atoms with Crippen LogP contribution < -0.4 is 47.9 Å². The van der Waals surface area contributed by atoms with Crippen LogP contribution in [-0.2, 0) is 4.79 Å². The molecule has 18 heavy (non-hydrogen) atoms. The quantitative estimate of drug-likeness (QED) is 0.164. The third-order valence-corrected chi connectivity index (χ3v) is 1.11. The molecule has 0 unspecified atom stereocenters. The molecule has 0 aliphatic carbocycles. The van der Waals surface area contributed by atoms with Gasteiger partial charge in [0, 0.05) is 0 Å². The molecule has 3 nitrogen and oxygen atoms in total. The smallest absolute Gasteiger partial charge is 0.872 e. The molecule has 11 heteroatoms. The number of carbonyl (C=O) groups is 1. The molecular weight excluding hydrogens is 260 g/mol. The van der Waals surface area contributed by atoms with E-state index in [4.69, 9.17) is 0 Å². The van der Waals surface area contributed by atoms with E-state index < -0.39 is 41.8 Å². The van der Waals surface area contributed by atoms with Crippen LogP contribution in [0.3, 0.4) is 0 Å². The molecule has 0 aromatic heterocycles. The Balaban J connectivity index is -0.00000112. The third-order valence-electron chi connectivity index (χ3n) is 1.11. The summed E-state index contributed by atoms with van der Waals surface area (Å²) in [5.74, 6) is -7.24. The van der Waals surface area contributed by atoms with E-state index in [1.54, 1.807) is 0 Å². The fourth-order valence-electron chi connectivity index (χ4n) is 0.464. The van der Waals surface area contributed by atoms with Gasteiger partial charge in [-0.1, -0.05) is 6.08 Å². The standard InChI is InChI=1S/C7H4F6O3.2Li/c8-6(9,10)4(15)1-3(14)2-5(16)7(11,12)13;;/h1-2,14-15H;;/q;2*+1/p-2/b3-2-,4-1-;;. The Bertz CT molecular complexity index is 344. The average Bonchev–Trinajstić information content (AvgIpc) is 1.99. The summed E-state index contributed by atoms with van der Waals surface area (Å²) in [4.78, 5) is 10.1. The van der Waals surface area contributed by atoms with Gasteiger partial charge in [0.05, 0.1) is 0 Å². The zero-order valence-corrected chi connectivity index (χ0v) is 9.15. The Kier molecular flexibility index (Phi) is 9.89. The molecule has 0 aliphatic heterocycles. The molecule has 0 saturated heterocycles. The zero-order valence-electron chi connectivity index (χ0n) is 9.15. The first-order valence-electron chi connectivity index (χ1n) is 3.40. The Morgan fingerprint density at radius 1 is 0.833 bits per heavy atom. The van der Waals surface area contributed by atoms with Gasteiger partial charge in [-0.25, -0.2) is 0 Å². The minimum absolute atomic E-state index is 0. The van der Waals surface area contributed by atoms with E-state index in [1.807, 2.05) is 0 Å². The molecule has 0 aliphatic rings. The van der Waals surface area contributed by atoms with Crippen molar-refractivity contribution < 1.29 is 79.1 Å². The normalized spacial score (nSPS) is 13.4. The van der Waals surface area contributed by atoms with E-state index in [-0.39, 0.29) is 37.7 Å². The van der Waals surface area contributed by atoms with Crippen molar-refractivity contribution >= 4 is 5.78 Å². The molecule has 0 heterocycles. The maximum absolute atomic E-state index is 11.5. The van der Waals surface area contributed by atoms with E-state index in [1.165, 1.54) is 0 Å². The van der Waals surface area contributed by atoms with Crippen molar-refractivity contribution in [1.29, 1.82) is 0 Å². The van der Waals surface area contributed by atoms with Crippen LogP contribution in [0, 0.1) is 0 Å². The van der Waals surface area contributed by atoms with Crippen molar-refractivity contribution in [3.05, 3.63) is 23.7 Å². The molecule has 0 amide bonds. The minimum Gasteiger partial charge on any atom is -0.872 e. The Hall–Kier alpha value is -0.475. The molecule has 0 fully saturated rings. The van der Waals surface area contributed by atoms with Gasteiger partial charge in [-0.2, -0.15) is 26.3 Å². The molecule has 0 atom stereocenters. The summed E-state index contributed by atoms with van der Waals surface area (Å²) in [5.41, 5.74) is 0. The van der Waals surface area contributed by atoms with Crippen LogP contribution in [0.15, 0.2) is 23.7 Å². The maximum atomic E-state index is 11.5. The van der Waals surface area contributed by atoms with Gasteiger partial charge in [0.1, 0.15) is 0 Å². The Labute approximate surface area is 121 Å². The van der Waals surface area contributed by atoms with Crippen molar-refractivity contribution in [2.75, 3.05) is 0 Å². The number of rotatable bonds is 2. The second kappa shape index (κ2) is 7.85. The summed E-state index contributed by atoms with van der Waals surface area (Å²) in [6.45, 7) is 0. The van der Waals surface area contributed by atoms with Crippen molar-refractivity contribution in [1.82, 2.24) is 0 Å². The average molecular weight is 262 g/mol. The van der Waals surface area contributed by atoms with Crippen molar-refractivity contribution in [3.63, 3.8) is 0 Å². The third kappa shape index (κ3) is 8.59. The SMILES string of the molecule is O=C(/C=C([O-])/C=C(\[O-])C(F)(F)F)C(F)(F)F.[Li+].[Li+]. The molecule has 0 radical (unpaired) electrons. The van der Waals surface area contributed by atoms with E-state index >= 15 is 0 Å². The van der Waals surface area contributed by atoms with Crippen LogP contribution in [0.5, 0.6) is 0 Å². The Morgan fingerprint density at radius 2 is 1.22 bits per heavy atom. The summed E-state index contributed by atoms with van der Waals surface area (Å²) in [5, 5.41) is 20.5. The van der Waals surface area contributed by atoms with Crippen LogP contribution in [0.2, 0.25) is 0 Å². The van der Waals surface area contributed by atoms with E-state index in [9.17, 15) is 41.4 Å². The molecule has 92 valence electrons. The van der Waals surface area contributed by atoms with E-state index in [0.717, 1.165) is 0 Å². The largest absolute Gasteiger partial charge is 1.00 e. The second-order valence-corrected chi connectivity index (χ2v) is 2.42. The van der Waals surface area contributed by atoms with Gasteiger partial charge in [-0.3, -0.25) is 4.79 Å². The van der Waals surface area contributed by atoms with Gasteiger partial charge in [-0.05, 0) is 11.8 Å². The molecule has 0 saturated carbocycles. The number of allylic oxidation sites excluding steroid dienone is 3. The summed E-state index contributed by atoms with van der Waals surface area (Å²) >= 11 is 0. The molecule has 0 bridgehead atoms. The fraction of sp³-hybridized carbons (Fsp3) is 0.286. The van der Waals surface area contributed by atoms with Gasteiger partial charge in [0.25, 0.3) is 5.78 Å². The van der Waals surface area contributed by atoms with Gasteiger partial charge in [0.15, 0.2) is 0 Å². The minimum atomic E-state index is -5.37. The zero-order chi connectivity index (χ0) is 13.1. The van der Waals surface area contributed by atoms with Gasteiger partial charge in [0.2, 0.25) is 0 Å². The first-order valence-corrected chi connectivity index (χ1v) is 3.40. The summed E-state index contributed by atoms with van der Waals surface area (Å²) in [7, 11) is 0. The summed E-state index contributed by atoms with van der Waals surface area (Å²) in [6.07, 6.45) is -12.0. The summed E-state index contributed by atoms with van der Waals surface area (Å²) < 4.78 is 69.2. The number of carbonyl (C=O) groups excluding carboxylic acids is 1. The predicted molar refractivity (Wildman–Crippen MR) is 33.3 cm³/mol. The van der Waals surface area contributed by atoms with Crippen LogP contribution >= 0.6 is 0 Å². The van der Waals surface area contributed by atoms with Crippen LogP contribution in [0.25, 0.3) is 0 Å². The van der Waals surface area contributed by atoms with Gasteiger partial charge >= 0.3 is 50.1 Å². The molecule has 0 N–H and O–H groups in total. The van der Waals surface area contributed by atoms with E-state index in [2.05, 4.69) is 0 Å². The first kappa shape index (κ1) is 22.7. The molecule has 0 rings (SSSR count). The van der Waals surface area contributed by atoms with Gasteiger partial charge in [-0.15, -0.1) is 5.76 Å². The molecule has 0 spiro atoms. The number of alkyl halides is 6. The van der Waals surface area contributed by atoms with Crippen molar-refractivity contribution in [3.8, 4) is 0 Å². The monoisotopic (exact) mass is 262 g/mol.